The average molecular weight is 414 g/mol. The van der Waals surface area contributed by atoms with E-state index in [4.69, 9.17) is 9.15 Å². The number of nitrogens with zero attached hydrogens (tertiary/aromatic N) is 4. The topological polar surface area (TPSA) is 94.5 Å². The van der Waals surface area contributed by atoms with Crippen molar-refractivity contribution in [1.29, 1.82) is 0 Å². The highest BCUT2D eigenvalue weighted by Gasteiger charge is 2.14. The van der Waals surface area contributed by atoms with Gasteiger partial charge in [-0.3, -0.25) is 10.1 Å². The number of aromatic nitrogens is 2. The fourth-order valence-corrected chi connectivity index (χ4v) is 3.38. The van der Waals surface area contributed by atoms with Crippen molar-refractivity contribution < 1.29 is 14.1 Å². The maximum absolute atomic E-state index is 11.0. The Kier molecular flexibility index (Phi) is 7.07. The number of hydrogen-bond acceptors (Lipinski definition) is 8. The average Bonchev–Trinajstić information content (AvgIpc) is 3.22. The quantitative estimate of drug-likeness (QED) is 0.205. The molecule has 1 heterocycles. The van der Waals surface area contributed by atoms with E-state index in [-0.39, 0.29) is 18.0 Å². The van der Waals surface area contributed by atoms with Gasteiger partial charge in [-0.1, -0.05) is 23.9 Å². The van der Waals surface area contributed by atoms with Crippen LogP contribution in [-0.4, -0.2) is 40.6 Å². The Morgan fingerprint density at radius 1 is 1.10 bits per heavy atom. The molecule has 9 heteroatoms. The third-order valence-corrected chi connectivity index (χ3v) is 5.06. The van der Waals surface area contributed by atoms with Gasteiger partial charge in [-0.2, -0.15) is 0 Å². The summed E-state index contributed by atoms with van der Waals surface area (Å²) in [5.74, 6) is 1.23. The van der Waals surface area contributed by atoms with Gasteiger partial charge in [-0.25, -0.2) is 0 Å². The summed E-state index contributed by atoms with van der Waals surface area (Å²) in [5.41, 5.74) is 1.96. The molecule has 0 bridgehead atoms. The second kappa shape index (κ2) is 9.92. The molecule has 0 unspecified atom stereocenters. The van der Waals surface area contributed by atoms with Crippen molar-refractivity contribution in [3.8, 4) is 17.2 Å². The first kappa shape index (κ1) is 20.7. The van der Waals surface area contributed by atoms with Crippen LogP contribution in [0.4, 0.5) is 11.4 Å². The van der Waals surface area contributed by atoms with Crippen molar-refractivity contribution in [3.63, 3.8) is 0 Å². The summed E-state index contributed by atoms with van der Waals surface area (Å²) >= 11 is 1.34. The molecular formula is C20H22N4O4S. The molecule has 2 aromatic carbocycles. The summed E-state index contributed by atoms with van der Waals surface area (Å²) in [4.78, 5) is 12.8. The molecule has 0 atom stereocenters. The van der Waals surface area contributed by atoms with E-state index in [2.05, 4.69) is 28.9 Å². The molecule has 1 aromatic heterocycles. The number of ether oxygens (including phenoxy) is 1. The van der Waals surface area contributed by atoms with Crippen LogP contribution in [0.25, 0.3) is 11.5 Å². The standard InChI is InChI=1S/C20H22N4O4S/c1-3-23(4-2)16-11-9-15(10-12-16)19-21-22-20(28-19)29-14-13-27-18-8-6-5-7-17(18)24(25)26/h5-12H,3-4,13-14H2,1-2H3. The van der Waals surface area contributed by atoms with Gasteiger partial charge in [0.25, 0.3) is 5.22 Å². The monoisotopic (exact) mass is 414 g/mol. The summed E-state index contributed by atoms with van der Waals surface area (Å²) < 4.78 is 11.2. The molecule has 0 saturated heterocycles. The van der Waals surface area contributed by atoms with Crippen molar-refractivity contribution in [2.24, 2.45) is 0 Å². The van der Waals surface area contributed by atoms with Crippen LogP contribution in [0.5, 0.6) is 5.75 Å². The first-order valence-electron chi connectivity index (χ1n) is 9.30. The Balaban J connectivity index is 1.54. The van der Waals surface area contributed by atoms with Crippen LogP contribution in [-0.2, 0) is 0 Å². The molecular weight excluding hydrogens is 392 g/mol. The van der Waals surface area contributed by atoms with E-state index in [1.54, 1.807) is 18.2 Å². The minimum atomic E-state index is -0.460. The second-order valence-electron chi connectivity index (χ2n) is 6.01. The molecule has 3 rings (SSSR count). The fraction of sp³-hybridized carbons (Fsp3) is 0.300. The summed E-state index contributed by atoms with van der Waals surface area (Å²) in [6.07, 6.45) is 0. The van der Waals surface area contributed by atoms with Crippen LogP contribution < -0.4 is 9.64 Å². The zero-order chi connectivity index (χ0) is 20.6. The predicted octanol–water partition coefficient (Wildman–Crippen LogP) is 4.66. The Labute approximate surface area is 173 Å². The van der Waals surface area contributed by atoms with Crippen molar-refractivity contribution in [2.75, 3.05) is 30.3 Å². The maximum atomic E-state index is 11.0. The normalized spacial score (nSPS) is 10.7. The highest BCUT2D eigenvalue weighted by Crippen LogP contribution is 2.27. The number of thioether (sulfide) groups is 1. The largest absolute Gasteiger partial charge is 0.486 e. The third-order valence-electron chi connectivity index (χ3n) is 4.28. The molecule has 8 nitrogen and oxygen atoms in total. The van der Waals surface area contributed by atoms with Crippen LogP contribution in [0.15, 0.2) is 58.2 Å². The number of benzene rings is 2. The fourth-order valence-electron chi connectivity index (χ4n) is 2.80. The van der Waals surface area contributed by atoms with E-state index >= 15 is 0 Å². The second-order valence-corrected chi connectivity index (χ2v) is 7.06. The lowest BCUT2D eigenvalue weighted by Gasteiger charge is -2.20. The SMILES string of the molecule is CCN(CC)c1ccc(-c2nnc(SCCOc3ccccc3[N+](=O)[O-])o2)cc1. The molecule has 0 spiro atoms. The minimum Gasteiger partial charge on any atom is -0.486 e. The van der Waals surface area contributed by atoms with Gasteiger partial charge in [0.1, 0.15) is 0 Å². The number of rotatable bonds is 10. The van der Waals surface area contributed by atoms with Gasteiger partial charge in [0, 0.05) is 36.2 Å². The van der Waals surface area contributed by atoms with Crippen LogP contribution in [0.2, 0.25) is 0 Å². The number of nitro groups is 1. The molecule has 3 aromatic rings. The molecule has 0 aliphatic carbocycles. The lowest BCUT2D eigenvalue weighted by molar-refractivity contribution is -0.385. The smallest absolute Gasteiger partial charge is 0.310 e. The van der Waals surface area contributed by atoms with E-state index in [9.17, 15) is 10.1 Å². The van der Waals surface area contributed by atoms with Crippen LogP contribution in [0, 0.1) is 10.1 Å². The van der Waals surface area contributed by atoms with Gasteiger partial charge in [-0.15, -0.1) is 10.2 Å². The Morgan fingerprint density at radius 3 is 2.52 bits per heavy atom. The number of para-hydroxylation sites is 2. The maximum Gasteiger partial charge on any atom is 0.310 e. The van der Waals surface area contributed by atoms with Crippen molar-refractivity contribution in [1.82, 2.24) is 10.2 Å². The molecule has 0 fully saturated rings. The van der Waals surface area contributed by atoms with E-state index in [0.717, 1.165) is 24.3 Å². The molecule has 0 amide bonds. The molecule has 29 heavy (non-hydrogen) atoms. The van der Waals surface area contributed by atoms with Gasteiger partial charge < -0.3 is 14.1 Å². The molecule has 0 N–H and O–H groups in total. The third kappa shape index (κ3) is 5.26. The minimum absolute atomic E-state index is 0.0502. The Morgan fingerprint density at radius 2 is 1.83 bits per heavy atom. The van der Waals surface area contributed by atoms with Crippen molar-refractivity contribution >= 4 is 23.1 Å². The van der Waals surface area contributed by atoms with Crippen LogP contribution in [0.3, 0.4) is 0 Å². The molecule has 0 aliphatic heterocycles. The van der Waals surface area contributed by atoms with E-state index < -0.39 is 4.92 Å². The summed E-state index contributed by atoms with van der Waals surface area (Å²) in [5, 5.41) is 19.6. The summed E-state index contributed by atoms with van der Waals surface area (Å²) in [7, 11) is 0. The van der Waals surface area contributed by atoms with Gasteiger partial charge in [0.15, 0.2) is 5.75 Å². The first-order valence-corrected chi connectivity index (χ1v) is 10.3. The lowest BCUT2D eigenvalue weighted by atomic mass is 10.2. The zero-order valence-electron chi connectivity index (χ0n) is 16.3. The van der Waals surface area contributed by atoms with Crippen LogP contribution in [0.1, 0.15) is 13.8 Å². The Bertz CT molecular complexity index is 942. The van der Waals surface area contributed by atoms with Crippen molar-refractivity contribution in [2.45, 2.75) is 19.1 Å². The Hall–Kier alpha value is -3.07. The molecule has 0 aliphatic rings. The zero-order valence-corrected chi connectivity index (χ0v) is 17.1. The van der Waals surface area contributed by atoms with Crippen LogP contribution >= 0.6 is 11.8 Å². The molecule has 0 saturated carbocycles. The van der Waals surface area contributed by atoms with Gasteiger partial charge >= 0.3 is 5.69 Å². The lowest BCUT2D eigenvalue weighted by Crippen LogP contribution is -2.21. The summed E-state index contributed by atoms with van der Waals surface area (Å²) in [6, 6.07) is 14.3. The number of anilines is 1. The van der Waals surface area contributed by atoms with Crippen molar-refractivity contribution in [3.05, 3.63) is 58.6 Å². The predicted molar refractivity (Wildman–Crippen MR) is 113 cm³/mol. The highest BCUT2D eigenvalue weighted by molar-refractivity contribution is 7.99. The van der Waals surface area contributed by atoms with E-state index in [1.165, 1.54) is 17.8 Å². The highest BCUT2D eigenvalue weighted by atomic mass is 32.2. The summed E-state index contributed by atoms with van der Waals surface area (Å²) in [6.45, 7) is 6.43. The molecule has 152 valence electrons. The molecule has 0 radical (unpaired) electrons. The van der Waals surface area contributed by atoms with Gasteiger partial charge in [0.2, 0.25) is 5.89 Å². The first-order chi connectivity index (χ1) is 14.1. The number of hydrogen-bond donors (Lipinski definition) is 0. The van der Waals surface area contributed by atoms with E-state index in [1.807, 2.05) is 24.3 Å². The van der Waals surface area contributed by atoms with Gasteiger partial charge in [-0.05, 0) is 44.2 Å². The van der Waals surface area contributed by atoms with Gasteiger partial charge in [0.05, 0.1) is 11.5 Å². The van der Waals surface area contributed by atoms with E-state index in [0.29, 0.717) is 16.9 Å². The number of nitro benzene ring substituents is 1.